The average molecular weight is 211 g/mol. The number of nitrogens with two attached hydrogens (primary N) is 1. The summed E-state index contributed by atoms with van der Waals surface area (Å²) >= 11 is 0. The maximum atomic E-state index is 5.73. The van der Waals surface area contributed by atoms with Crippen LogP contribution in [0.4, 0.5) is 0 Å². The highest BCUT2D eigenvalue weighted by atomic mass is 15.3. The van der Waals surface area contributed by atoms with Gasteiger partial charge in [0.25, 0.3) is 0 Å². The molecule has 0 amide bonds. The van der Waals surface area contributed by atoms with Crippen LogP contribution in [0.3, 0.4) is 0 Å². The van der Waals surface area contributed by atoms with Gasteiger partial charge in [0.1, 0.15) is 0 Å². The fraction of sp³-hybridized carbons (Fsp3) is 1.00. The summed E-state index contributed by atoms with van der Waals surface area (Å²) in [6.45, 7) is 10.4. The molecule has 15 heavy (non-hydrogen) atoms. The summed E-state index contributed by atoms with van der Waals surface area (Å²) in [5, 5.41) is 0. The zero-order valence-corrected chi connectivity index (χ0v) is 10.2. The first-order valence-electron chi connectivity index (χ1n) is 6.40. The predicted octanol–water partition coefficient (Wildman–Crippen LogP) is 0.750. The molecule has 2 fully saturated rings. The van der Waals surface area contributed by atoms with E-state index >= 15 is 0 Å². The molecular formula is C12H25N3. The van der Waals surface area contributed by atoms with Gasteiger partial charge in [0.15, 0.2) is 0 Å². The summed E-state index contributed by atoms with van der Waals surface area (Å²) in [6.07, 6.45) is 2.88. The van der Waals surface area contributed by atoms with Crippen LogP contribution in [0.1, 0.15) is 26.7 Å². The fourth-order valence-electron chi connectivity index (χ4n) is 2.51. The number of nitrogens with zero attached hydrogens (tertiary/aromatic N) is 2. The van der Waals surface area contributed by atoms with Crippen LogP contribution in [0.25, 0.3) is 0 Å². The van der Waals surface area contributed by atoms with Crippen LogP contribution < -0.4 is 5.73 Å². The van der Waals surface area contributed by atoms with Crippen LogP contribution in [0, 0.1) is 5.92 Å². The van der Waals surface area contributed by atoms with Crippen molar-refractivity contribution in [3.8, 4) is 0 Å². The molecule has 1 aliphatic carbocycles. The van der Waals surface area contributed by atoms with Crippen molar-refractivity contribution in [1.29, 1.82) is 0 Å². The second kappa shape index (κ2) is 4.81. The Kier molecular flexibility index (Phi) is 3.65. The van der Waals surface area contributed by atoms with Crippen molar-refractivity contribution in [2.24, 2.45) is 11.7 Å². The largest absolute Gasteiger partial charge is 0.330 e. The lowest BCUT2D eigenvalue weighted by Gasteiger charge is -2.40. The van der Waals surface area contributed by atoms with Crippen molar-refractivity contribution in [3.63, 3.8) is 0 Å². The van der Waals surface area contributed by atoms with Gasteiger partial charge in [-0.1, -0.05) is 6.92 Å². The van der Waals surface area contributed by atoms with Crippen LogP contribution in [-0.2, 0) is 0 Å². The topological polar surface area (TPSA) is 32.5 Å². The lowest BCUT2D eigenvalue weighted by Crippen LogP contribution is -2.52. The number of piperazine rings is 1. The highest BCUT2D eigenvalue weighted by molar-refractivity contribution is 4.88. The summed E-state index contributed by atoms with van der Waals surface area (Å²) in [4.78, 5) is 5.27. The van der Waals surface area contributed by atoms with Gasteiger partial charge < -0.3 is 5.73 Å². The van der Waals surface area contributed by atoms with Gasteiger partial charge in [-0.25, -0.2) is 0 Å². The van der Waals surface area contributed by atoms with Crippen LogP contribution in [0.15, 0.2) is 0 Å². The van der Waals surface area contributed by atoms with E-state index < -0.39 is 0 Å². The number of hydrogen-bond acceptors (Lipinski definition) is 3. The van der Waals surface area contributed by atoms with E-state index in [4.69, 9.17) is 5.73 Å². The third-order valence-corrected chi connectivity index (χ3v) is 4.18. The standard InChI is InChI=1S/C12H25N3/c1-10(9-13)11(2)14-5-7-15(8-6-14)12-3-4-12/h10-12H,3-9,13H2,1-2H3. The summed E-state index contributed by atoms with van der Waals surface area (Å²) in [5.74, 6) is 0.623. The quantitative estimate of drug-likeness (QED) is 0.745. The van der Waals surface area contributed by atoms with Gasteiger partial charge in [-0.05, 0) is 32.2 Å². The molecule has 1 aliphatic heterocycles. The number of hydrogen-bond donors (Lipinski definition) is 1. The van der Waals surface area contributed by atoms with Gasteiger partial charge in [0.05, 0.1) is 0 Å². The molecule has 2 rings (SSSR count). The zero-order valence-electron chi connectivity index (χ0n) is 10.2. The highest BCUT2D eigenvalue weighted by Crippen LogP contribution is 2.28. The minimum absolute atomic E-state index is 0.623. The minimum atomic E-state index is 0.623. The molecule has 2 unspecified atom stereocenters. The SMILES string of the molecule is CC(CN)C(C)N1CCN(C2CC2)CC1. The Labute approximate surface area is 93.6 Å². The first-order chi connectivity index (χ1) is 7.22. The van der Waals surface area contributed by atoms with Crippen molar-refractivity contribution in [3.05, 3.63) is 0 Å². The molecule has 0 spiro atoms. The molecule has 1 heterocycles. The summed E-state index contributed by atoms with van der Waals surface area (Å²) in [6, 6.07) is 1.59. The Hall–Kier alpha value is -0.120. The first kappa shape index (κ1) is 11.4. The first-order valence-corrected chi connectivity index (χ1v) is 6.40. The minimum Gasteiger partial charge on any atom is -0.330 e. The molecule has 88 valence electrons. The Morgan fingerprint density at radius 2 is 1.73 bits per heavy atom. The fourth-order valence-corrected chi connectivity index (χ4v) is 2.51. The van der Waals surface area contributed by atoms with Crippen LogP contribution in [0.5, 0.6) is 0 Å². The van der Waals surface area contributed by atoms with Crippen LogP contribution >= 0.6 is 0 Å². The third-order valence-electron chi connectivity index (χ3n) is 4.18. The van der Waals surface area contributed by atoms with E-state index in [-0.39, 0.29) is 0 Å². The Bertz CT molecular complexity index is 195. The Balaban J connectivity index is 1.76. The maximum Gasteiger partial charge on any atom is 0.0113 e. The van der Waals surface area contributed by atoms with Gasteiger partial charge in [0.2, 0.25) is 0 Å². The Morgan fingerprint density at radius 3 is 2.20 bits per heavy atom. The monoisotopic (exact) mass is 211 g/mol. The molecule has 3 nitrogen and oxygen atoms in total. The molecule has 1 saturated heterocycles. The normalized spacial score (nSPS) is 29.0. The van der Waals surface area contributed by atoms with Gasteiger partial charge in [-0.3, -0.25) is 9.80 Å². The van der Waals surface area contributed by atoms with E-state index in [2.05, 4.69) is 23.6 Å². The van der Waals surface area contributed by atoms with E-state index in [0.717, 1.165) is 12.6 Å². The maximum absolute atomic E-state index is 5.73. The number of rotatable bonds is 4. The van der Waals surface area contributed by atoms with E-state index in [1.807, 2.05) is 0 Å². The highest BCUT2D eigenvalue weighted by Gasteiger charge is 2.32. The lowest BCUT2D eigenvalue weighted by molar-refractivity contribution is 0.0783. The van der Waals surface area contributed by atoms with Gasteiger partial charge in [0, 0.05) is 38.3 Å². The van der Waals surface area contributed by atoms with Crippen LogP contribution in [0.2, 0.25) is 0 Å². The molecule has 3 heteroatoms. The molecule has 0 aromatic carbocycles. The van der Waals surface area contributed by atoms with Gasteiger partial charge in [-0.2, -0.15) is 0 Å². The lowest BCUT2D eigenvalue weighted by atomic mass is 10.0. The molecule has 0 bridgehead atoms. The summed E-state index contributed by atoms with van der Waals surface area (Å²) < 4.78 is 0. The Morgan fingerprint density at radius 1 is 1.13 bits per heavy atom. The average Bonchev–Trinajstić information content (AvgIpc) is 3.11. The van der Waals surface area contributed by atoms with Gasteiger partial charge in [-0.15, -0.1) is 0 Å². The smallest absolute Gasteiger partial charge is 0.0113 e. The molecular weight excluding hydrogens is 186 g/mol. The van der Waals surface area contributed by atoms with Crippen molar-refractivity contribution in [1.82, 2.24) is 9.80 Å². The predicted molar refractivity (Wildman–Crippen MR) is 63.8 cm³/mol. The summed E-state index contributed by atoms with van der Waals surface area (Å²) in [7, 11) is 0. The van der Waals surface area contributed by atoms with E-state index in [9.17, 15) is 0 Å². The molecule has 0 radical (unpaired) electrons. The third kappa shape index (κ3) is 2.71. The van der Waals surface area contributed by atoms with Crippen molar-refractivity contribution >= 4 is 0 Å². The summed E-state index contributed by atoms with van der Waals surface area (Å²) in [5.41, 5.74) is 5.73. The van der Waals surface area contributed by atoms with E-state index in [0.29, 0.717) is 12.0 Å². The van der Waals surface area contributed by atoms with Crippen LogP contribution in [-0.4, -0.2) is 54.6 Å². The van der Waals surface area contributed by atoms with Crippen molar-refractivity contribution in [2.75, 3.05) is 32.7 Å². The second-order valence-electron chi connectivity index (χ2n) is 5.26. The van der Waals surface area contributed by atoms with Crippen molar-refractivity contribution < 1.29 is 0 Å². The second-order valence-corrected chi connectivity index (χ2v) is 5.26. The molecule has 2 aliphatic rings. The van der Waals surface area contributed by atoms with Gasteiger partial charge >= 0.3 is 0 Å². The molecule has 1 saturated carbocycles. The molecule has 2 N–H and O–H groups in total. The van der Waals surface area contributed by atoms with Crippen molar-refractivity contribution in [2.45, 2.75) is 38.8 Å². The van der Waals surface area contributed by atoms with E-state index in [1.165, 1.54) is 39.0 Å². The molecule has 0 aromatic rings. The zero-order chi connectivity index (χ0) is 10.8. The molecule has 0 aromatic heterocycles. The van der Waals surface area contributed by atoms with E-state index in [1.54, 1.807) is 0 Å². The molecule has 2 atom stereocenters.